The van der Waals surface area contributed by atoms with Crippen molar-refractivity contribution in [2.45, 2.75) is 20.8 Å². The molecule has 0 aromatic carbocycles. The minimum atomic E-state index is -0.201. The summed E-state index contributed by atoms with van der Waals surface area (Å²) < 4.78 is 0. The van der Waals surface area contributed by atoms with Crippen LogP contribution in [0.1, 0.15) is 20.8 Å². The summed E-state index contributed by atoms with van der Waals surface area (Å²) in [5.41, 5.74) is 0. The first-order chi connectivity index (χ1) is 8.52. The number of H-pyrrole nitrogens is 1. The summed E-state index contributed by atoms with van der Waals surface area (Å²) in [5, 5.41) is 9.28. The Kier molecular flexibility index (Phi) is 5.63. The van der Waals surface area contributed by atoms with Gasteiger partial charge in [0.25, 0.3) is 0 Å². The van der Waals surface area contributed by atoms with Crippen molar-refractivity contribution in [1.82, 2.24) is 15.2 Å². The molecule has 0 unspecified atom stereocenters. The number of nitrogens with zero attached hydrogens (tertiary/aromatic N) is 3. The van der Waals surface area contributed by atoms with Crippen LogP contribution < -0.4 is 10.2 Å². The lowest BCUT2D eigenvalue weighted by Crippen LogP contribution is -2.26. The summed E-state index contributed by atoms with van der Waals surface area (Å²) in [6.07, 6.45) is 0. The lowest BCUT2D eigenvalue weighted by Gasteiger charge is -2.17. The van der Waals surface area contributed by atoms with Crippen LogP contribution in [0.5, 0.6) is 0 Å². The number of aromatic nitrogens is 3. The Bertz CT molecular complexity index is 420. The summed E-state index contributed by atoms with van der Waals surface area (Å²) in [6, 6.07) is 0. The molecule has 1 amide bonds. The van der Waals surface area contributed by atoms with Gasteiger partial charge in [-0.1, -0.05) is 11.8 Å². The molecule has 18 heavy (non-hydrogen) atoms. The van der Waals surface area contributed by atoms with E-state index < -0.39 is 0 Å². The van der Waals surface area contributed by atoms with Gasteiger partial charge >= 0.3 is 0 Å². The van der Waals surface area contributed by atoms with Gasteiger partial charge in [0.2, 0.25) is 17.8 Å². The number of hydrogen-bond acceptors (Lipinski definition) is 6. The third-order valence-electron chi connectivity index (χ3n) is 2.10. The Labute approximate surface area is 110 Å². The highest BCUT2D eigenvalue weighted by Gasteiger charge is 2.11. The fraction of sp³-hybridized carbons (Fsp3) is 0.600. The van der Waals surface area contributed by atoms with Crippen LogP contribution >= 0.6 is 11.8 Å². The lowest BCUT2D eigenvalue weighted by molar-refractivity contribution is -0.114. The average molecular weight is 271 g/mol. The van der Waals surface area contributed by atoms with Crippen LogP contribution in [0.25, 0.3) is 0 Å². The van der Waals surface area contributed by atoms with Gasteiger partial charge in [0, 0.05) is 32.7 Å². The third kappa shape index (κ3) is 4.74. The van der Waals surface area contributed by atoms with Gasteiger partial charge in [0.05, 0.1) is 0 Å². The van der Waals surface area contributed by atoms with E-state index in [-0.39, 0.29) is 11.0 Å². The van der Waals surface area contributed by atoms with Crippen molar-refractivity contribution < 1.29 is 9.59 Å². The number of amides is 1. The fourth-order valence-corrected chi connectivity index (χ4v) is 1.92. The molecule has 1 aromatic heterocycles. The van der Waals surface area contributed by atoms with E-state index in [2.05, 4.69) is 20.5 Å². The van der Waals surface area contributed by atoms with Gasteiger partial charge in [-0.05, 0) is 6.92 Å². The van der Waals surface area contributed by atoms with Crippen molar-refractivity contribution in [1.29, 1.82) is 0 Å². The number of aromatic amines is 1. The molecular formula is C10H17N5O2S. The van der Waals surface area contributed by atoms with E-state index in [9.17, 15) is 9.59 Å². The predicted octanol–water partition coefficient (Wildman–Crippen LogP) is 0.869. The predicted molar refractivity (Wildman–Crippen MR) is 71.7 cm³/mol. The average Bonchev–Trinajstić information content (AvgIpc) is 2.71. The summed E-state index contributed by atoms with van der Waals surface area (Å²) in [7, 11) is 0. The molecule has 1 aromatic rings. The van der Waals surface area contributed by atoms with Crippen molar-refractivity contribution >= 4 is 34.7 Å². The number of carbonyl (C=O) groups is 2. The van der Waals surface area contributed by atoms with E-state index in [1.807, 2.05) is 11.8 Å². The Morgan fingerprint density at radius 1 is 1.44 bits per heavy atom. The van der Waals surface area contributed by atoms with Gasteiger partial charge in [0.1, 0.15) is 0 Å². The topological polar surface area (TPSA) is 91.0 Å². The smallest absolute Gasteiger partial charge is 0.246 e. The van der Waals surface area contributed by atoms with E-state index in [1.165, 1.54) is 18.7 Å². The second-order valence-electron chi connectivity index (χ2n) is 3.58. The van der Waals surface area contributed by atoms with Gasteiger partial charge in [-0.3, -0.25) is 14.9 Å². The van der Waals surface area contributed by atoms with E-state index in [0.717, 1.165) is 6.54 Å². The third-order valence-corrected chi connectivity index (χ3v) is 2.89. The Balaban J connectivity index is 2.56. The minimum absolute atomic E-state index is 0.0972. The monoisotopic (exact) mass is 271 g/mol. The van der Waals surface area contributed by atoms with Crippen LogP contribution in [0.3, 0.4) is 0 Å². The van der Waals surface area contributed by atoms with Gasteiger partial charge < -0.3 is 4.90 Å². The normalized spacial score (nSPS) is 10.2. The van der Waals surface area contributed by atoms with Gasteiger partial charge in [-0.15, -0.1) is 5.10 Å². The summed E-state index contributed by atoms with van der Waals surface area (Å²) in [6.45, 7) is 6.34. The molecule has 8 heteroatoms. The minimum Gasteiger partial charge on any atom is -0.339 e. The van der Waals surface area contributed by atoms with Crippen molar-refractivity contribution in [2.75, 3.05) is 29.1 Å². The molecule has 100 valence electrons. The quantitative estimate of drug-likeness (QED) is 0.797. The van der Waals surface area contributed by atoms with Crippen molar-refractivity contribution in [3.05, 3.63) is 0 Å². The molecule has 0 fully saturated rings. The van der Waals surface area contributed by atoms with Crippen LogP contribution in [0.4, 0.5) is 11.9 Å². The van der Waals surface area contributed by atoms with Crippen LogP contribution in [0.2, 0.25) is 0 Å². The number of thioether (sulfide) groups is 1. The highest BCUT2D eigenvalue weighted by molar-refractivity contribution is 8.13. The lowest BCUT2D eigenvalue weighted by atomic mass is 10.5. The zero-order valence-electron chi connectivity index (χ0n) is 10.7. The van der Waals surface area contributed by atoms with E-state index >= 15 is 0 Å². The number of hydrogen-bond donors (Lipinski definition) is 2. The number of rotatable bonds is 6. The second-order valence-corrected chi connectivity index (χ2v) is 4.86. The Morgan fingerprint density at radius 3 is 2.72 bits per heavy atom. The van der Waals surface area contributed by atoms with Gasteiger partial charge in [-0.2, -0.15) is 4.98 Å². The molecule has 1 heterocycles. The largest absolute Gasteiger partial charge is 0.339 e. The highest BCUT2D eigenvalue weighted by Crippen LogP contribution is 2.11. The van der Waals surface area contributed by atoms with Crippen LogP contribution in [0.15, 0.2) is 0 Å². The zero-order valence-corrected chi connectivity index (χ0v) is 11.5. The molecule has 0 aliphatic heterocycles. The number of carbonyl (C=O) groups excluding carboxylic acids is 2. The summed E-state index contributed by atoms with van der Waals surface area (Å²) in [4.78, 5) is 27.8. The summed E-state index contributed by atoms with van der Waals surface area (Å²) in [5.74, 6) is 1.33. The van der Waals surface area contributed by atoms with Crippen molar-refractivity contribution in [3.63, 3.8) is 0 Å². The molecule has 2 N–H and O–H groups in total. The standard InChI is InChI=1S/C10H17N5O2S/c1-4-15(5-6-18-8(3)17)10-12-9(13-14-10)11-7(2)16/h4-6H2,1-3H3,(H2,11,12,13,14,16). The molecular weight excluding hydrogens is 254 g/mol. The maximum absolute atomic E-state index is 10.9. The van der Waals surface area contributed by atoms with Gasteiger partial charge in [0.15, 0.2) is 5.12 Å². The Morgan fingerprint density at radius 2 is 2.17 bits per heavy atom. The number of anilines is 2. The fourth-order valence-electron chi connectivity index (χ4n) is 1.32. The molecule has 0 aliphatic carbocycles. The summed E-state index contributed by atoms with van der Waals surface area (Å²) >= 11 is 1.27. The zero-order chi connectivity index (χ0) is 13.5. The second kappa shape index (κ2) is 7.00. The number of nitrogens with one attached hydrogen (secondary N) is 2. The molecule has 0 atom stereocenters. The van der Waals surface area contributed by atoms with Gasteiger partial charge in [-0.25, -0.2) is 5.10 Å². The van der Waals surface area contributed by atoms with Crippen LogP contribution in [-0.2, 0) is 9.59 Å². The molecule has 0 spiro atoms. The van der Waals surface area contributed by atoms with Crippen LogP contribution in [0, 0.1) is 0 Å². The molecule has 1 rings (SSSR count). The van der Waals surface area contributed by atoms with E-state index in [0.29, 0.717) is 24.2 Å². The van der Waals surface area contributed by atoms with E-state index in [1.54, 1.807) is 6.92 Å². The molecule has 0 saturated carbocycles. The first-order valence-electron chi connectivity index (χ1n) is 5.61. The van der Waals surface area contributed by atoms with Crippen molar-refractivity contribution in [3.8, 4) is 0 Å². The molecule has 7 nitrogen and oxygen atoms in total. The highest BCUT2D eigenvalue weighted by atomic mass is 32.2. The molecule has 0 saturated heterocycles. The maximum Gasteiger partial charge on any atom is 0.246 e. The first kappa shape index (κ1) is 14.5. The van der Waals surface area contributed by atoms with E-state index in [4.69, 9.17) is 0 Å². The Hall–Kier alpha value is -1.57. The first-order valence-corrected chi connectivity index (χ1v) is 6.59. The molecule has 0 radical (unpaired) electrons. The molecule has 0 aliphatic rings. The van der Waals surface area contributed by atoms with Crippen molar-refractivity contribution in [2.24, 2.45) is 0 Å². The SMILES string of the molecule is CCN(CCSC(C)=O)c1n[nH]c(NC(C)=O)n1. The maximum atomic E-state index is 10.9. The van der Waals surface area contributed by atoms with Crippen LogP contribution in [-0.4, -0.2) is 45.0 Å². The molecule has 0 bridgehead atoms.